The summed E-state index contributed by atoms with van der Waals surface area (Å²) >= 11 is 0. The summed E-state index contributed by atoms with van der Waals surface area (Å²) in [6.07, 6.45) is 11.0. The van der Waals surface area contributed by atoms with Crippen LogP contribution in [-0.4, -0.2) is 38.5 Å². The molecule has 0 radical (unpaired) electrons. The third kappa shape index (κ3) is 17.6. The molecule has 0 aromatic rings. The van der Waals surface area contributed by atoms with Crippen molar-refractivity contribution in [1.82, 2.24) is 0 Å². The van der Waals surface area contributed by atoms with Crippen LogP contribution in [0.2, 0.25) is 0 Å². The lowest BCUT2D eigenvalue weighted by atomic mass is 10.1. The molecular weight excluding hydrogens is 292 g/mol. The minimum atomic E-state index is -0.0710. The molecule has 0 aromatic carbocycles. The minimum Gasteiger partial charge on any atom is -0.466 e. The number of unbranched alkanes of at least 4 members (excludes halogenated alkanes) is 6. The number of ether oxygens (including phenoxy) is 3. The Labute approximate surface area is 143 Å². The van der Waals surface area contributed by atoms with Gasteiger partial charge in [-0.15, -0.1) is 0 Å². The molecule has 0 amide bonds. The first-order valence-corrected chi connectivity index (χ1v) is 9.55. The highest BCUT2D eigenvalue weighted by Gasteiger charge is 2.00. The topological polar surface area (TPSA) is 44.8 Å². The van der Waals surface area contributed by atoms with Gasteiger partial charge in [0.05, 0.1) is 12.7 Å². The number of hydrogen-bond donors (Lipinski definition) is 0. The van der Waals surface area contributed by atoms with E-state index in [0.29, 0.717) is 19.1 Å². The van der Waals surface area contributed by atoms with E-state index in [1.165, 1.54) is 12.8 Å². The van der Waals surface area contributed by atoms with Crippen LogP contribution in [0, 0.1) is 0 Å². The van der Waals surface area contributed by atoms with Crippen LogP contribution in [0.5, 0.6) is 0 Å². The zero-order chi connectivity index (χ0) is 17.2. The zero-order valence-electron chi connectivity index (χ0n) is 15.6. The van der Waals surface area contributed by atoms with Crippen molar-refractivity contribution < 1.29 is 19.0 Å². The fraction of sp³-hybridized carbons (Fsp3) is 0.947. The van der Waals surface area contributed by atoms with E-state index < -0.39 is 0 Å². The van der Waals surface area contributed by atoms with Gasteiger partial charge in [0.15, 0.2) is 0 Å². The van der Waals surface area contributed by atoms with Crippen molar-refractivity contribution in [2.75, 3.05) is 26.4 Å². The fourth-order valence-corrected chi connectivity index (χ4v) is 2.22. The predicted octanol–water partition coefficient (Wildman–Crippen LogP) is 4.89. The number of esters is 1. The van der Waals surface area contributed by atoms with Gasteiger partial charge in [-0.3, -0.25) is 4.79 Å². The van der Waals surface area contributed by atoms with Crippen molar-refractivity contribution in [3.05, 3.63) is 0 Å². The van der Waals surface area contributed by atoms with Crippen LogP contribution in [0.4, 0.5) is 0 Å². The van der Waals surface area contributed by atoms with Crippen molar-refractivity contribution in [2.45, 2.75) is 91.1 Å². The van der Waals surface area contributed by atoms with Crippen LogP contribution in [0.3, 0.4) is 0 Å². The summed E-state index contributed by atoms with van der Waals surface area (Å²) in [6.45, 7) is 9.22. The molecule has 0 aliphatic rings. The SMILES string of the molecule is CCOC(=O)CCCCCCOCCCCCCOC(C)CC. The predicted molar refractivity (Wildman–Crippen MR) is 94.7 cm³/mol. The molecule has 0 saturated heterocycles. The van der Waals surface area contributed by atoms with E-state index in [1.807, 2.05) is 6.92 Å². The second-order valence-electron chi connectivity index (χ2n) is 6.09. The quantitative estimate of drug-likeness (QED) is 0.281. The molecule has 0 saturated carbocycles. The van der Waals surface area contributed by atoms with Crippen molar-refractivity contribution in [3.63, 3.8) is 0 Å². The molecule has 0 rings (SSSR count). The first kappa shape index (κ1) is 22.4. The van der Waals surface area contributed by atoms with Crippen molar-refractivity contribution in [1.29, 1.82) is 0 Å². The van der Waals surface area contributed by atoms with Gasteiger partial charge in [-0.1, -0.05) is 32.6 Å². The smallest absolute Gasteiger partial charge is 0.305 e. The maximum Gasteiger partial charge on any atom is 0.305 e. The first-order valence-electron chi connectivity index (χ1n) is 9.55. The lowest BCUT2D eigenvalue weighted by Gasteiger charge is -2.10. The highest BCUT2D eigenvalue weighted by atomic mass is 16.5. The second-order valence-corrected chi connectivity index (χ2v) is 6.09. The summed E-state index contributed by atoms with van der Waals surface area (Å²) < 4.78 is 16.2. The normalized spacial score (nSPS) is 12.3. The lowest BCUT2D eigenvalue weighted by molar-refractivity contribution is -0.143. The summed E-state index contributed by atoms with van der Waals surface area (Å²) in [4.78, 5) is 11.1. The highest BCUT2D eigenvalue weighted by Crippen LogP contribution is 2.06. The van der Waals surface area contributed by atoms with Crippen LogP contribution in [0.25, 0.3) is 0 Å². The molecule has 4 heteroatoms. The van der Waals surface area contributed by atoms with Crippen LogP contribution >= 0.6 is 0 Å². The van der Waals surface area contributed by atoms with Gasteiger partial charge in [0.25, 0.3) is 0 Å². The van der Waals surface area contributed by atoms with Gasteiger partial charge in [-0.05, 0) is 46.0 Å². The van der Waals surface area contributed by atoms with Crippen LogP contribution in [0.15, 0.2) is 0 Å². The zero-order valence-corrected chi connectivity index (χ0v) is 15.6. The maximum absolute atomic E-state index is 11.1. The Bertz CT molecular complexity index is 256. The van der Waals surface area contributed by atoms with Gasteiger partial charge >= 0.3 is 5.97 Å². The molecule has 1 atom stereocenters. The number of carbonyl (C=O) groups excluding carboxylic acids is 1. The molecule has 0 aliphatic heterocycles. The lowest BCUT2D eigenvalue weighted by Crippen LogP contribution is -2.07. The third-order valence-corrected chi connectivity index (χ3v) is 3.89. The Hall–Kier alpha value is -0.610. The van der Waals surface area contributed by atoms with Crippen molar-refractivity contribution in [3.8, 4) is 0 Å². The largest absolute Gasteiger partial charge is 0.466 e. The van der Waals surface area contributed by atoms with Gasteiger partial charge in [-0.2, -0.15) is 0 Å². The molecule has 0 aliphatic carbocycles. The summed E-state index contributed by atoms with van der Waals surface area (Å²) in [6, 6.07) is 0. The molecule has 0 fully saturated rings. The Balaban J connectivity index is 3.07. The molecule has 138 valence electrons. The van der Waals surface area contributed by atoms with Crippen LogP contribution < -0.4 is 0 Å². The molecular formula is C19H38O4. The van der Waals surface area contributed by atoms with Crippen molar-refractivity contribution in [2.24, 2.45) is 0 Å². The van der Waals surface area contributed by atoms with E-state index in [0.717, 1.165) is 64.8 Å². The van der Waals surface area contributed by atoms with Gasteiger partial charge < -0.3 is 14.2 Å². The molecule has 1 unspecified atom stereocenters. The Morgan fingerprint density at radius 2 is 1.39 bits per heavy atom. The van der Waals surface area contributed by atoms with E-state index >= 15 is 0 Å². The average Bonchev–Trinajstić information content (AvgIpc) is 2.55. The van der Waals surface area contributed by atoms with Gasteiger partial charge in [0.2, 0.25) is 0 Å². The van der Waals surface area contributed by atoms with E-state index in [4.69, 9.17) is 14.2 Å². The molecule has 4 nitrogen and oxygen atoms in total. The summed E-state index contributed by atoms with van der Waals surface area (Å²) in [5.74, 6) is -0.0710. The highest BCUT2D eigenvalue weighted by molar-refractivity contribution is 5.69. The van der Waals surface area contributed by atoms with E-state index in [9.17, 15) is 4.79 Å². The molecule has 23 heavy (non-hydrogen) atoms. The number of carbonyl (C=O) groups is 1. The molecule has 0 heterocycles. The summed E-state index contributed by atoms with van der Waals surface area (Å²) in [5, 5.41) is 0. The molecule has 0 aromatic heterocycles. The first-order chi connectivity index (χ1) is 11.2. The van der Waals surface area contributed by atoms with Gasteiger partial charge in [-0.25, -0.2) is 0 Å². The van der Waals surface area contributed by atoms with Crippen LogP contribution in [-0.2, 0) is 19.0 Å². The molecule has 0 bridgehead atoms. The standard InChI is InChI=1S/C19H38O4/c1-4-18(3)23-17-13-9-8-12-16-21-15-11-7-6-10-14-19(20)22-5-2/h18H,4-17H2,1-3H3. The Morgan fingerprint density at radius 3 is 1.96 bits per heavy atom. The van der Waals surface area contributed by atoms with Crippen molar-refractivity contribution >= 4 is 5.97 Å². The minimum absolute atomic E-state index is 0.0710. The Morgan fingerprint density at radius 1 is 0.826 bits per heavy atom. The second kappa shape index (κ2) is 17.7. The Kier molecular flexibility index (Phi) is 17.3. The fourth-order valence-electron chi connectivity index (χ4n) is 2.22. The van der Waals surface area contributed by atoms with Crippen LogP contribution in [0.1, 0.15) is 85.0 Å². The van der Waals surface area contributed by atoms with E-state index in [2.05, 4.69) is 13.8 Å². The molecule has 0 N–H and O–H groups in total. The van der Waals surface area contributed by atoms with E-state index in [1.54, 1.807) is 0 Å². The third-order valence-electron chi connectivity index (χ3n) is 3.89. The average molecular weight is 331 g/mol. The van der Waals surface area contributed by atoms with Gasteiger partial charge in [0, 0.05) is 26.2 Å². The number of rotatable bonds is 17. The summed E-state index contributed by atoms with van der Waals surface area (Å²) in [5.41, 5.74) is 0. The number of hydrogen-bond acceptors (Lipinski definition) is 4. The summed E-state index contributed by atoms with van der Waals surface area (Å²) in [7, 11) is 0. The van der Waals surface area contributed by atoms with E-state index in [-0.39, 0.29) is 5.97 Å². The van der Waals surface area contributed by atoms with Gasteiger partial charge in [0.1, 0.15) is 0 Å². The monoisotopic (exact) mass is 330 g/mol. The maximum atomic E-state index is 11.1. The molecule has 0 spiro atoms.